The zero-order valence-electron chi connectivity index (χ0n) is 11.9. The quantitative estimate of drug-likeness (QED) is 0.840. The van der Waals surface area contributed by atoms with Crippen LogP contribution in [0.4, 0.5) is 0 Å². The molecule has 2 aromatic carbocycles. The van der Waals surface area contributed by atoms with E-state index in [1.165, 1.54) is 0 Å². The maximum Gasteiger partial charge on any atom is 0.0978 e. The summed E-state index contributed by atoms with van der Waals surface area (Å²) in [6.07, 6.45) is 0.449. The summed E-state index contributed by atoms with van der Waals surface area (Å²) in [5.74, 6) is 0. The maximum absolute atomic E-state index is 6.36. The number of hydrogen-bond donors (Lipinski definition) is 1. The fourth-order valence-electron chi connectivity index (χ4n) is 2.36. The largest absolute Gasteiger partial charge is 0.372 e. The highest BCUT2D eigenvalue weighted by Crippen LogP contribution is 2.29. The Hall–Kier alpha value is -1.06. The molecule has 0 aliphatic rings. The standard InChI is InChI=1S/C17H19Cl2NO/c1-2-21-17(12-7-4-3-5-8-12)15(20)11-13-9-6-10-14(18)16(13)19/h3-10,15,17H,2,11,20H2,1H3. The second kappa shape index (κ2) is 7.81. The molecule has 0 aliphatic carbocycles. The summed E-state index contributed by atoms with van der Waals surface area (Å²) in [4.78, 5) is 0. The van der Waals surface area contributed by atoms with Crippen LogP contribution >= 0.6 is 23.2 Å². The first-order valence-electron chi connectivity index (χ1n) is 6.98. The van der Waals surface area contributed by atoms with E-state index in [4.69, 9.17) is 33.7 Å². The van der Waals surface area contributed by atoms with Gasteiger partial charge in [0.2, 0.25) is 0 Å². The molecule has 0 fully saturated rings. The van der Waals surface area contributed by atoms with Crippen LogP contribution < -0.4 is 5.73 Å². The Morgan fingerprint density at radius 2 is 1.76 bits per heavy atom. The lowest BCUT2D eigenvalue weighted by Gasteiger charge is -2.25. The fraction of sp³-hybridized carbons (Fsp3) is 0.294. The van der Waals surface area contributed by atoms with Crippen molar-refractivity contribution in [2.24, 2.45) is 5.73 Å². The van der Waals surface area contributed by atoms with Crippen molar-refractivity contribution in [3.05, 3.63) is 69.7 Å². The topological polar surface area (TPSA) is 35.2 Å². The Morgan fingerprint density at radius 3 is 2.43 bits per heavy atom. The lowest BCUT2D eigenvalue weighted by atomic mass is 9.96. The molecule has 0 aromatic heterocycles. The zero-order valence-corrected chi connectivity index (χ0v) is 13.4. The molecule has 0 amide bonds. The summed E-state index contributed by atoms with van der Waals surface area (Å²) < 4.78 is 5.83. The molecule has 4 heteroatoms. The Morgan fingerprint density at radius 1 is 1.05 bits per heavy atom. The highest BCUT2D eigenvalue weighted by molar-refractivity contribution is 6.42. The van der Waals surface area contributed by atoms with Gasteiger partial charge in [-0.3, -0.25) is 0 Å². The lowest BCUT2D eigenvalue weighted by molar-refractivity contribution is 0.0433. The summed E-state index contributed by atoms with van der Waals surface area (Å²) in [6, 6.07) is 15.4. The number of ether oxygens (including phenoxy) is 1. The van der Waals surface area contributed by atoms with Crippen LogP contribution in [0.25, 0.3) is 0 Å². The lowest BCUT2D eigenvalue weighted by Crippen LogP contribution is -2.32. The van der Waals surface area contributed by atoms with E-state index in [1.54, 1.807) is 6.07 Å². The second-order valence-electron chi connectivity index (χ2n) is 4.87. The molecule has 0 heterocycles. The molecule has 0 saturated heterocycles. The molecule has 2 rings (SSSR count). The smallest absolute Gasteiger partial charge is 0.0978 e. The number of hydrogen-bond acceptors (Lipinski definition) is 2. The van der Waals surface area contributed by atoms with Gasteiger partial charge in [-0.15, -0.1) is 0 Å². The first-order valence-corrected chi connectivity index (χ1v) is 7.74. The Bertz CT molecular complexity index is 574. The molecular formula is C17H19Cl2NO. The molecule has 2 atom stereocenters. The molecule has 2 nitrogen and oxygen atoms in total. The molecule has 0 bridgehead atoms. The van der Waals surface area contributed by atoms with E-state index in [0.29, 0.717) is 23.1 Å². The normalized spacial score (nSPS) is 13.9. The summed E-state index contributed by atoms with van der Waals surface area (Å²) in [6.45, 7) is 2.57. The minimum atomic E-state index is -0.191. The number of halogens is 2. The van der Waals surface area contributed by atoms with Crippen molar-refractivity contribution >= 4 is 23.2 Å². The third-order valence-electron chi connectivity index (χ3n) is 3.35. The predicted molar refractivity (Wildman–Crippen MR) is 89.0 cm³/mol. The van der Waals surface area contributed by atoms with Crippen molar-refractivity contribution in [1.82, 2.24) is 0 Å². The van der Waals surface area contributed by atoms with E-state index in [0.717, 1.165) is 11.1 Å². The fourth-order valence-corrected chi connectivity index (χ4v) is 2.75. The average molecular weight is 324 g/mol. The van der Waals surface area contributed by atoms with Crippen molar-refractivity contribution in [2.45, 2.75) is 25.5 Å². The van der Waals surface area contributed by atoms with Crippen LogP contribution in [0.15, 0.2) is 48.5 Å². The van der Waals surface area contributed by atoms with Gasteiger partial charge in [0, 0.05) is 12.6 Å². The van der Waals surface area contributed by atoms with Crippen molar-refractivity contribution in [3.8, 4) is 0 Å². The van der Waals surface area contributed by atoms with Crippen molar-refractivity contribution < 1.29 is 4.74 Å². The van der Waals surface area contributed by atoms with E-state index in [2.05, 4.69) is 0 Å². The third kappa shape index (κ3) is 4.21. The van der Waals surface area contributed by atoms with E-state index in [1.807, 2.05) is 49.4 Å². The van der Waals surface area contributed by atoms with Crippen LogP contribution in [-0.4, -0.2) is 12.6 Å². The van der Waals surface area contributed by atoms with Crippen molar-refractivity contribution in [2.75, 3.05) is 6.61 Å². The maximum atomic E-state index is 6.36. The highest BCUT2D eigenvalue weighted by Gasteiger charge is 2.21. The van der Waals surface area contributed by atoms with Gasteiger partial charge in [-0.05, 0) is 30.5 Å². The zero-order chi connectivity index (χ0) is 15.2. The van der Waals surface area contributed by atoms with E-state index in [9.17, 15) is 0 Å². The summed E-state index contributed by atoms with van der Waals surface area (Å²) in [7, 11) is 0. The first kappa shape index (κ1) is 16.3. The van der Waals surface area contributed by atoms with Crippen molar-refractivity contribution in [3.63, 3.8) is 0 Å². The van der Waals surface area contributed by atoms with Crippen LogP contribution in [0.5, 0.6) is 0 Å². The van der Waals surface area contributed by atoms with Gasteiger partial charge in [0.25, 0.3) is 0 Å². The molecule has 112 valence electrons. The van der Waals surface area contributed by atoms with Gasteiger partial charge in [-0.1, -0.05) is 65.7 Å². The van der Waals surface area contributed by atoms with Crippen LogP contribution in [0, 0.1) is 0 Å². The number of benzene rings is 2. The van der Waals surface area contributed by atoms with Gasteiger partial charge in [0.05, 0.1) is 16.1 Å². The monoisotopic (exact) mass is 323 g/mol. The summed E-state index contributed by atoms with van der Waals surface area (Å²) in [5, 5.41) is 1.12. The third-order valence-corrected chi connectivity index (χ3v) is 4.21. The first-order chi connectivity index (χ1) is 10.1. The van der Waals surface area contributed by atoms with Crippen LogP contribution in [0.2, 0.25) is 10.0 Å². The van der Waals surface area contributed by atoms with Crippen molar-refractivity contribution in [1.29, 1.82) is 0 Å². The van der Waals surface area contributed by atoms with Gasteiger partial charge in [-0.2, -0.15) is 0 Å². The Labute approximate surface area is 135 Å². The summed E-state index contributed by atoms with van der Waals surface area (Å²) in [5.41, 5.74) is 8.38. The molecule has 0 saturated carbocycles. The second-order valence-corrected chi connectivity index (χ2v) is 5.65. The molecule has 0 aliphatic heterocycles. The van der Waals surface area contributed by atoms with Gasteiger partial charge in [0.15, 0.2) is 0 Å². The van der Waals surface area contributed by atoms with Crippen LogP contribution in [0.3, 0.4) is 0 Å². The van der Waals surface area contributed by atoms with Crippen LogP contribution in [-0.2, 0) is 11.2 Å². The Kier molecular flexibility index (Phi) is 6.07. The molecule has 0 spiro atoms. The minimum Gasteiger partial charge on any atom is -0.372 e. The van der Waals surface area contributed by atoms with Gasteiger partial charge < -0.3 is 10.5 Å². The Balaban J connectivity index is 2.19. The van der Waals surface area contributed by atoms with Crippen LogP contribution in [0.1, 0.15) is 24.2 Å². The molecule has 2 N–H and O–H groups in total. The van der Waals surface area contributed by atoms with E-state index in [-0.39, 0.29) is 12.1 Å². The number of rotatable bonds is 6. The summed E-state index contributed by atoms with van der Waals surface area (Å²) >= 11 is 12.3. The SMILES string of the molecule is CCOC(c1ccccc1)C(N)Cc1cccc(Cl)c1Cl. The number of nitrogens with two attached hydrogens (primary N) is 1. The molecule has 2 unspecified atom stereocenters. The molecule has 2 aromatic rings. The predicted octanol–water partition coefficient (Wildman–Crippen LogP) is 4.64. The molecular weight excluding hydrogens is 305 g/mol. The average Bonchev–Trinajstić information content (AvgIpc) is 2.50. The van der Waals surface area contributed by atoms with Gasteiger partial charge in [0.1, 0.15) is 0 Å². The molecule has 21 heavy (non-hydrogen) atoms. The molecule has 0 radical (unpaired) electrons. The van der Waals surface area contributed by atoms with Gasteiger partial charge >= 0.3 is 0 Å². The van der Waals surface area contributed by atoms with E-state index < -0.39 is 0 Å². The van der Waals surface area contributed by atoms with Gasteiger partial charge in [-0.25, -0.2) is 0 Å². The highest BCUT2D eigenvalue weighted by atomic mass is 35.5. The minimum absolute atomic E-state index is 0.161. The van der Waals surface area contributed by atoms with E-state index >= 15 is 0 Å².